The van der Waals surface area contributed by atoms with Crippen molar-refractivity contribution >= 4 is 17.3 Å². The molecule has 0 saturated heterocycles. The van der Waals surface area contributed by atoms with Gasteiger partial charge in [0.25, 0.3) is 0 Å². The van der Waals surface area contributed by atoms with Crippen molar-refractivity contribution < 1.29 is 13.2 Å². The molecule has 0 atom stereocenters. The van der Waals surface area contributed by atoms with Gasteiger partial charge in [0.2, 0.25) is 0 Å². The summed E-state index contributed by atoms with van der Waals surface area (Å²) in [4.78, 5) is 1.27. The molecule has 1 aliphatic rings. The van der Waals surface area contributed by atoms with Gasteiger partial charge in [0.15, 0.2) is 0 Å². The second-order valence-electron chi connectivity index (χ2n) is 4.57. The van der Waals surface area contributed by atoms with Crippen LogP contribution in [-0.4, -0.2) is 18.8 Å². The fourth-order valence-electron chi connectivity index (χ4n) is 2.00. The summed E-state index contributed by atoms with van der Waals surface area (Å²) in [5.74, 6) is 0.234. The Labute approximate surface area is 114 Å². The van der Waals surface area contributed by atoms with Gasteiger partial charge >= 0.3 is 6.18 Å². The molecule has 0 N–H and O–H groups in total. The Balaban J connectivity index is 2.34. The van der Waals surface area contributed by atoms with E-state index in [2.05, 4.69) is 0 Å². The number of alkyl halides is 4. The molecular weight excluding hydrogens is 277 g/mol. The van der Waals surface area contributed by atoms with E-state index in [9.17, 15) is 13.2 Å². The van der Waals surface area contributed by atoms with Crippen molar-refractivity contribution in [3.8, 4) is 6.07 Å². The Morgan fingerprint density at radius 1 is 1.37 bits per heavy atom. The van der Waals surface area contributed by atoms with Crippen molar-refractivity contribution in [3.05, 3.63) is 29.3 Å². The van der Waals surface area contributed by atoms with Gasteiger partial charge in [-0.15, -0.1) is 11.6 Å². The molecule has 1 saturated carbocycles. The molecule has 102 valence electrons. The van der Waals surface area contributed by atoms with Crippen LogP contribution < -0.4 is 4.90 Å². The smallest absolute Gasteiger partial charge is 0.358 e. The Bertz CT molecular complexity index is 504. The molecule has 2 rings (SSSR count). The van der Waals surface area contributed by atoms with Crippen molar-refractivity contribution in [2.75, 3.05) is 11.4 Å². The molecule has 0 aromatic heterocycles. The molecule has 0 unspecified atom stereocenters. The maximum atomic E-state index is 12.6. The van der Waals surface area contributed by atoms with E-state index in [0.29, 0.717) is 5.69 Å². The summed E-state index contributed by atoms with van der Waals surface area (Å²) in [6.45, 7) is -1.02. The number of nitrogens with zero attached hydrogens (tertiary/aromatic N) is 2. The second-order valence-corrected chi connectivity index (χ2v) is 4.84. The average molecular weight is 289 g/mol. The van der Waals surface area contributed by atoms with E-state index in [0.717, 1.165) is 18.4 Å². The van der Waals surface area contributed by atoms with E-state index in [4.69, 9.17) is 16.9 Å². The maximum absolute atomic E-state index is 12.6. The summed E-state index contributed by atoms with van der Waals surface area (Å²) in [7, 11) is 0. The maximum Gasteiger partial charge on any atom is 0.405 e. The lowest BCUT2D eigenvalue weighted by atomic mass is 10.1. The van der Waals surface area contributed by atoms with E-state index in [1.165, 1.54) is 4.90 Å². The SMILES string of the molecule is N#Cc1cc(CCl)ccc1N(CC(F)(F)F)C1CC1. The van der Waals surface area contributed by atoms with Gasteiger partial charge in [-0.2, -0.15) is 18.4 Å². The standard InChI is InChI=1S/C13H12ClF3N2/c14-6-9-1-4-12(10(5-9)7-18)19(11-2-3-11)8-13(15,16)17/h1,4-5,11H,2-3,6,8H2. The highest BCUT2D eigenvalue weighted by Gasteiger charge is 2.38. The average Bonchev–Trinajstić information content (AvgIpc) is 3.18. The lowest BCUT2D eigenvalue weighted by Gasteiger charge is -2.27. The third kappa shape index (κ3) is 3.54. The molecule has 0 radical (unpaired) electrons. The minimum Gasteiger partial charge on any atom is -0.358 e. The van der Waals surface area contributed by atoms with Gasteiger partial charge in [-0.3, -0.25) is 0 Å². The molecule has 1 aliphatic carbocycles. The molecule has 0 aliphatic heterocycles. The molecule has 1 aromatic rings. The lowest BCUT2D eigenvalue weighted by Crippen LogP contribution is -2.36. The highest BCUT2D eigenvalue weighted by atomic mass is 35.5. The van der Waals surface area contributed by atoms with Crippen LogP contribution >= 0.6 is 11.6 Å². The van der Waals surface area contributed by atoms with Crippen molar-refractivity contribution in [2.24, 2.45) is 0 Å². The summed E-state index contributed by atoms with van der Waals surface area (Å²) in [5.41, 5.74) is 1.32. The highest BCUT2D eigenvalue weighted by Crippen LogP contribution is 2.36. The van der Waals surface area contributed by atoms with Crippen molar-refractivity contribution in [3.63, 3.8) is 0 Å². The van der Waals surface area contributed by atoms with Gasteiger partial charge < -0.3 is 4.90 Å². The minimum absolute atomic E-state index is 0.115. The van der Waals surface area contributed by atoms with Crippen LogP contribution in [0.15, 0.2) is 18.2 Å². The van der Waals surface area contributed by atoms with Crippen LogP contribution in [0.1, 0.15) is 24.0 Å². The van der Waals surface area contributed by atoms with Crippen molar-refractivity contribution in [1.29, 1.82) is 5.26 Å². The van der Waals surface area contributed by atoms with Crippen molar-refractivity contribution in [1.82, 2.24) is 0 Å². The zero-order chi connectivity index (χ0) is 14.0. The number of nitriles is 1. The molecule has 0 spiro atoms. The van der Waals surface area contributed by atoms with Gasteiger partial charge in [-0.1, -0.05) is 6.07 Å². The summed E-state index contributed by atoms with van der Waals surface area (Å²) in [5, 5.41) is 9.09. The molecule has 19 heavy (non-hydrogen) atoms. The fraction of sp³-hybridized carbons (Fsp3) is 0.462. The zero-order valence-corrected chi connectivity index (χ0v) is 10.8. The van der Waals surface area contributed by atoms with Crippen LogP contribution in [0.4, 0.5) is 18.9 Å². The Kier molecular flexibility index (Phi) is 3.91. The first-order valence-corrected chi connectivity index (χ1v) is 6.40. The Hall–Kier alpha value is -1.41. The molecular formula is C13H12ClF3N2. The predicted molar refractivity (Wildman–Crippen MR) is 67.1 cm³/mol. The van der Waals surface area contributed by atoms with Crippen LogP contribution in [0.2, 0.25) is 0 Å². The first-order valence-electron chi connectivity index (χ1n) is 5.87. The highest BCUT2D eigenvalue weighted by molar-refractivity contribution is 6.17. The monoisotopic (exact) mass is 288 g/mol. The quantitative estimate of drug-likeness (QED) is 0.787. The van der Waals surface area contributed by atoms with E-state index < -0.39 is 12.7 Å². The van der Waals surface area contributed by atoms with Gasteiger partial charge in [0.05, 0.1) is 11.3 Å². The van der Waals surface area contributed by atoms with Crippen LogP contribution in [0.3, 0.4) is 0 Å². The lowest BCUT2D eigenvalue weighted by molar-refractivity contribution is -0.120. The van der Waals surface area contributed by atoms with Crippen LogP contribution in [0.5, 0.6) is 0 Å². The first-order chi connectivity index (χ1) is 8.94. The molecule has 0 bridgehead atoms. The third-order valence-corrected chi connectivity index (χ3v) is 3.29. The van der Waals surface area contributed by atoms with Gasteiger partial charge in [0.1, 0.15) is 12.6 Å². The molecule has 0 amide bonds. The summed E-state index contributed by atoms with van der Waals surface area (Å²) in [6.07, 6.45) is -2.81. The van der Waals surface area contributed by atoms with Gasteiger partial charge in [-0.25, -0.2) is 0 Å². The fourth-order valence-corrected chi connectivity index (χ4v) is 2.16. The largest absolute Gasteiger partial charge is 0.405 e. The van der Waals surface area contributed by atoms with Gasteiger partial charge in [-0.05, 0) is 30.5 Å². The van der Waals surface area contributed by atoms with E-state index in [1.54, 1.807) is 18.2 Å². The number of hydrogen-bond acceptors (Lipinski definition) is 2. The number of rotatable bonds is 4. The van der Waals surface area contributed by atoms with E-state index in [-0.39, 0.29) is 17.5 Å². The van der Waals surface area contributed by atoms with E-state index >= 15 is 0 Å². The van der Waals surface area contributed by atoms with E-state index in [1.807, 2.05) is 6.07 Å². The number of hydrogen-bond donors (Lipinski definition) is 0. The third-order valence-electron chi connectivity index (χ3n) is 2.98. The normalized spacial score (nSPS) is 15.1. The molecule has 6 heteroatoms. The summed E-state index contributed by atoms with van der Waals surface area (Å²) in [6, 6.07) is 6.60. The van der Waals surface area contributed by atoms with Crippen LogP contribution in [-0.2, 0) is 5.88 Å². The molecule has 1 aromatic carbocycles. The number of halogens is 4. The number of benzene rings is 1. The second kappa shape index (κ2) is 5.30. The summed E-state index contributed by atoms with van der Waals surface area (Å²) >= 11 is 5.67. The topological polar surface area (TPSA) is 27.0 Å². The first kappa shape index (κ1) is 14.0. The molecule has 1 fully saturated rings. The van der Waals surface area contributed by atoms with Gasteiger partial charge in [0, 0.05) is 11.9 Å². The summed E-state index contributed by atoms with van der Waals surface area (Å²) < 4.78 is 37.8. The Morgan fingerprint density at radius 2 is 2.05 bits per heavy atom. The minimum atomic E-state index is -4.28. The molecule has 2 nitrogen and oxygen atoms in total. The number of anilines is 1. The van der Waals surface area contributed by atoms with Crippen LogP contribution in [0.25, 0.3) is 0 Å². The Morgan fingerprint density at radius 3 is 2.53 bits per heavy atom. The molecule has 0 heterocycles. The zero-order valence-electron chi connectivity index (χ0n) is 10.0. The van der Waals surface area contributed by atoms with Crippen LogP contribution in [0, 0.1) is 11.3 Å². The van der Waals surface area contributed by atoms with Crippen molar-refractivity contribution in [2.45, 2.75) is 30.9 Å². The predicted octanol–water partition coefficient (Wildman–Crippen LogP) is 3.83.